The molecule has 0 radical (unpaired) electrons. The van der Waals surface area contributed by atoms with Gasteiger partial charge in [0.15, 0.2) is 5.31 Å². The maximum atomic E-state index is 10.6. The summed E-state index contributed by atoms with van der Waals surface area (Å²) in [7, 11) is -2.16. The number of benzene rings is 3. The molecule has 3 aromatic carbocycles. The molecule has 0 bridgehead atoms. The molecule has 0 aliphatic carbocycles. The van der Waals surface area contributed by atoms with Crippen molar-refractivity contribution in [3.63, 3.8) is 0 Å². The molecule has 30 heavy (non-hydrogen) atoms. The van der Waals surface area contributed by atoms with Gasteiger partial charge in [-0.1, -0.05) is 66.7 Å². The van der Waals surface area contributed by atoms with Crippen LogP contribution < -0.4 is 10.6 Å². The highest BCUT2D eigenvalue weighted by molar-refractivity contribution is 7.92. The Morgan fingerprint density at radius 1 is 0.800 bits per heavy atom. The van der Waals surface area contributed by atoms with Crippen molar-refractivity contribution in [3.05, 3.63) is 108 Å². The molecule has 0 aromatic heterocycles. The molecule has 1 saturated heterocycles. The summed E-state index contributed by atoms with van der Waals surface area (Å²) in [6.07, 6.45) is 3.27. The van der Waals surface area contributed by atoms with E-state index in [9.17, 15) is 5.26 Å². The molecule has 1 aliphatic rings. The van der Waals surface area contributed by atoms with Crippen molar-refractivity contribution in [2.75, 3.05) is 13.1 Å². The molecule has 2 nitrogen and oxygen atoms in total. The van der Waals surface area contributed by atoms with Gasteiger partial charge in [0.1, 0.15) is 23.9 Å². The van der Waals surface area contributed by atoms with Gasteiger partial charge >= 0.3 is 0 Å². The molecule has 3 heteroatoms. The number of nitriles is 1. The molecule has 0 unspecified atom stereocenters. The highest BCUT2D eigenvalue weighted by Crippen LogP contribution is 2.66. The van der Waals surface area contributed by atoms with E-state index in [1.165, 1.54) is 29.0 Å². The molecular formula is C27H28N2P+. The number of hydrogen-bond donors (Lipinski definition) is 0. The number of likely N-dealkylation sites (tertiary alicyclic amines) is 1. The van der Waals surface area contributed by atoms with E-state index in [2.05, 4.69) is 109 Å². The number of hydrogen-bond acceptors (Lipinski definition) is 2. The minimum atomic E-state index is -2.16. The van der Waals surface area contributed by atoms with Gasteiger partial charge in [-0.3, -0.25) is 0 Å². The second-order valence-corrected chi connectivity index (χ2v) is 11.3. The van der Waals surface area contributed by atoms with E-state index >= 15 is 0 Å². The first-order valence-electron chi connectivity index (χ1n) is 10.7. The zero-order valence-corrected chi connectivity index (χ0v) is 18.4. The Hall–Kier alpha value is -2.88. The van der Waals surface area contributed by atoms with E-state index in [4.69, 9.17) is 0 Å². The maximum absolute atomic E-state index is 10.6. The predicted molar refractivity (Wildman–Crippen MR) is 128 cm³/mol. The number of nitrogens with zero attached hydrogens (tertiary/aromatic N) is 2. The van der Waals surface area contributed by atoms with Crippen LogP contribution >= 0.6 is 7.26 Å². The summed E-state index contributed by atoms with van der Waals surface area (Å²) in [5, 5.41) is 14.1. The Balaban J connectivity index is 2.01. The third-order valence-electron chi connectivity index (χ3n) is 6.07. The largest absolute Gasteiger partial charge is 0.371 e. The minimum Gasteiger partial charge on any atom is -0.371 e. The van der Waals surface area contributed by atoms with Crippen LogP contribution in [0.3, 0.4) is 0 Å². The first-order chi connectivity index (χ1) is 14.8. The lowest BCUT2D eigenvalue weighted by atomic mass is 10.2. The van der Waals surface area contributed by atoms with Gasteiger partial charge < -0.3 is 4.90 Å². The molecule has 1 aliphatic heterocycles. The summed E-state index contributed by atoms with van der Waals surface area (Å²) in [5.41, 5.74) is 2.44. The Morgan fingerprint density at radius 2 is 1.27 bits per heavy atom. The molecule has 0 N–H and O–H groups in total. The van der Waals surface area contributed by atoms with Gasteiger partial charge in [0, 0.05) is 13.1 Å². The molecule has 0 amide bonds. The zero-order valence-electron chi connectivity index (χ0n) is 17.5. The van der Waals surface area contributed by atoms with Gasteiger partial charge in [-0.2, -0.15) is 5.26 Å². The Kier molecular flexibility index (Phi) is 6.32. The topological polar surface area (TPSA) is 27.0 Å². The van der Waals surface area contributed by atoms with Crippen molar-refractivity contribution in [3.8, 4) is 6.07 Å². The molecule has 1 fully saturated rings. The summed E-state index contributed by atoms with van der Waals surface area (Å²) in [4.78, 5) is 2.42. The van der Waals surface area contributed by atoms with E-state index in [1.54, 1.807) is 0 Å². The fourth-order valence-electron chi connectivity index (χ4n) is 4.54. The third-order valence-corrected chi connectivity index (χ3v) is 10.5. The Morgan fingerprint density at radius 3 is 1.73 bits per heavy atom. The second kappa shape index (κ2) is 9.29. The second-order valence-electron chi connectivity index (χ2n) is 7.86. The van der Waals surface area contributed by atoms with E-state index < -0.39 is 7.26 Å². The lowest BCUT2D eigenvalue weighted by Crippen LogP contribution is -2.28. The van der Waals surface area contributed by atoms with Crippen LogP contribution in [-0.2, 0) is 6.16 Å². The Labute approximate surface area is 180 Å². The fraction of sp³-hybridized carbons (Fsp3) is 0.222. The van der Waals surface area contributed by atoms with E-state index in [0.29, 0.717) is 0 Å². The quantitative estimate of drug-likeness (QED) is 0.384. The maximum Gasteiger partial charge on any atom is 0.199 e. The van der Waals surface area contributed by atoms with Crippen molar-refractivity contribution >= 4 is 17.9 Å². The first-order valence-corrected chi connectivity index (χ1v) is 12.6. The highest BCUT2D eigenvalue weighted by Gasteiger charge is 2.49. The molecule has 0 saturated carbocycles. The highest BCUT2D eigenvalue weighted by atomic mass is 31.2. The van der Waals surface area contributed by atoms with Crippen LogP contribution in [0.4, 0.5) is 0 Å². The van der Waals surface area contributed by atoms with Gasteiger partial charge in [0.25, 0.3) is 0 Å². The number of allylic oxidation sites excluding steroid dienone is 2. The van der Waals surface area contributed by atoms with Crippen LogP contribution in [0.5, 0.6) is 0 Å². The molecule has 0 spiro atoms. The van der Waals surface area contributed by atoms with E-state index in [0.717, 1.165) is 30.3 Å². The fourth-order valence-corrected chi connectivity index (χ4v) is 8.86. The summed E-state index contributed by atoms with van der Waals surface area (Å²) in [6.45, 7) is 4.26. The molecule has 3 aromatic rings. The SMILES string of the molecule is C/C(=C(\C#N)[P+](Cc1ccccc1)(c1ccccc1)c1ccccc1)N1CCCC1. The lowest BCUT2D eigenvalue weighted by Gasteiger charge is -2.30. The van der Waals surface area contributed by atoms with Crippen molar-refractivity contribution in [2.45, 2.75) is 25.9 Å². The minimum absolute atomic E-state index is 0.857. The summed E-state index contributed by atoms with van der Waals surface area (Å²) >= 11 is 0. The van der Waals surface area contributed by atoms with Gasteiger partial charge in [-0.05, 0) is 49.6 Å². The van der Waals surface area contributed by atoms with Crippen molar-refractivity contribution in [1.29, 1.82) is 5.26 Å². The van der Waals surface area contributed by atoms with E-state index in [-0.39, 0.29) is 0 Å². The first kappa shape index (κ1) is 20.4. The number of rotatable bonds is 6. The third kappa shape index (κ3) is 3.91. The van der Waals surface area contributed by atoms with Gasteiger partial charge in [-0.15, -0.1) is 0 Å². The van der Waals surface area contributed by atoms with Crippen LogP contribution in [0, 0.1) is 11.3 Å². The van der Waals surface area contributed by atoms with Crippen LogP contribution in [0.15, 0.2) is 102 Å². The van der Waals surface area contributed by atoms with Gasteiger partial charge in [-0.25, -0.2) is 0 Å². The summed E-state index contributed by atoms with van der Waals surface area (Å²) in [5.74, 6) is 0. The van der Waals surface area contributed by atoms with Crippen LogP contribution in [0.25, 0.3) is 0 Å². The van der Waals surface area contributed by atoms with Gasteiger partial charge in [0.05, 0.1) is 11.9 Å². The average molecular weight is 412 g/mol. The lowest BCUT2D eigenvalue weighted by molar-refractivity contribution is 0.427. The van der Waals surface area contributed by atoms with Crippen molar-refractivity contribution in [2.24, 2.45) is 0 Å². The van der Waals surface area contributed by atoms with Gasteiger partial charge in [0.2, 0.25) is 0 Å². The average Bonchev–Trinajstić information content (AvgIpc) is 3.36. The molecule has 150 valence electrons. The summed E-state index contributed by atoms with van der Waals surface area (Å²) < 4.78 is 0. The predicted octanol–water partition coefficient (Wildman–Crippen LogP) is 5.71. The van der Waals surface area contributed by atoms with Crippen LogP contribution in [-0.4, -0.2) is 18.0 Å². The molecule has 1 heterocycles. The van der Waals surface area contributed by atoms with Crippen molar-refractivity contribution in [1.82, 2.24) is 4.90 Å². The van der Waals surface area contributed by atoms with Crippen molar-refractivity contribution < 1.29 is 0 Å². The summed E-state index contributed by atoms with van der Waals surface area (Å²) in [6, 6.07) is 34.8. The molecule has 4 rings (SSSR count). The van der Waals surface area contributed by atoms with E-state index in [1.807, 2.05) is 0 Å². The Bertz CT molecular complexity index is 991. The van der Waals surface area contributed by atoms with Crippen LogP contribution in [0.1, 0.15) is 25.3 Å². The zero-order chi connectivity index (χ0) is 20.8. The smallest absolute Gasteiger partial charge is 0.199 e. The monoisotopic (exact) mass is 411 g/mol. The normalized spacial score (nSPS) is 14.9. The van der Waals surface area contributed by atoms with Crippen LogP contribution in [0.2, 0.25) is 0 Å². The molecule has 0 atom stereocenters. The standard InChI is InChI=1S/C27H28N2P/c1-23(29-19-11-12-20-29)27(21-28)30(25-15-7-3-8-16-25,26-17-9-4-10-18-26)22-24-13-5-2-6-14-24/h2-10,13-18H,11-12,19-20,22H2,1H3/q+1/b27-23-. The molecular weight excluding hydrogens is 383 g/mol.